The number of alkyl halides is 1. The molecule has 8 nitrogen and oxygen atoms in total. The lowest BCUT2D eigenvalue weighted by atomic mass is 10.1. The number of aliphatic hydroxyl groups excluding tert-OH is 1. The van der Waals surface area contributed by atoms with Gasteiger partial charge in [0.15, 0.2) is 0 Å². The Balaban J connectivity index is 1.38. The molecule has 37 heavy (non-hydrogen) atoms. The van der Waals surface area contributed by atoms with E-state index in [1.54, 1.807) is 45.2 Å². The van der Waals surface area contributed by atoms with Crippen molar-refractivity contribution < 1.29 is 14.7 Å². The van der Waals surface area contributed by atoms with Crippen molar-refractivity contribution in [2.45, 2.75) is 30.4 Å². The minimum atomic E-state index is -0.560. The van der Waals surface area contributed by atoms with Gasteiger partial charge in [0.25, 0.3) is 0 Å². The zero-order valence-corrected chi connectivity index (χ0v) is 22.0. The van der Waals surface area contributed by atoms with Crippen LogP contribution in [-0.2, 0) is 11.2 Å². The van der Waals surface area contributed by atoms with Crippen molar-refractivity contribution in [3.8, 4) is 16.3 Å². The number of hydrogen-bond donors (Lipinski definition) is 3. The average Bonchev–Trinajstić information content (AvgIpc) is 3.63. The molecule has 5 rings (SSSR count). The summed E-state index contributed by atoms with van der Waals surface area (Å²) in [6, 6.07) is 12.3. The lowest BCUT2D eigenvalue weighted by Gasteiger charge is -2.22. The minimum absolute atomic E-state index is 0.0324. The van der Waals surface area contributed by atoms with Crippen molar-refractivity contribution in [3.05, 3.63) is 76.7 Å². The van der Waals surface area contributed by atoms with Crippen LogP contribution in [0.25, 0.3) is 16.3 Å². The number of hydrogen-bond acceptors (Lipinski definition) is 5. The fourth-order valence-corrected chi connectivity index (χ4v) is 5.43. The normalized spacial score (nSPS) is 21.1. The Hall–Kier alpha value is -3.11. The number of thiophene rings is 1. The first-order valence-electron chi connectivity index (χ1n) is 11.8. The molecule has 0 radical (unpaired) electrons. The molecule has 3 unspecified atom stereocenters. The molecule has 3 heterocycles. The molecule has 0 spiro atoms. The molecule has 3 atom stereocenters. The Labute approximate surface area is 228 Å². The quantitative estimate of drug-likeness (QED) is 0.388. The van der Waals surface area contributed by atoms with Crippen LogP contribution in [0.15, 0.2) is 71.1 Å². The van der Waals surface area contributed by atoms with Crippen LogP contribution in [0.3, 0.4) is 0 Å². The third-order valence-electron chi connectivity index (χ3n) is 6.20. The summed E-state index contributed by atoms with van der Waals surface area (Å²) in [6.45, 7) is 0.928. The Morgan fingerprint density at radius 2 is 2.08 bits per heavy atom. The first-order valence-corrected chi connectivity index (χ1v) is 13.5. The van der Waals surface area contributed by atoms with Gasteiger partial charge in [-0.25, -0.2) is 9.48 Å². The van der Waals surface area contributed by atoms with Gasteiger partial charge in [0.05, 0.1) is 34.5 Å². The summed E-state index contributed by atoms with van der Waals surface area (Å²) >= 11 is 14.0. The lowest BCUT2D eigenvalue weighted by molar-refractivity contribution is -0.129. The number of carbonyl (C=O) groups excluding carboxylic acids is 2. The number of halogens is 2. The Morgan fingerprint density at radius 1 is 1.22 bits per heavy atom. The molecule has 1 fully saturated rings. The summed E-state index contributed by atoms with van der Waals surface area (Å²) in [5.74, 6) is 0.426. The number of benzene rings is 1. The van der Waals surface area contributed by atoms with E-state index in [4.69, 9.17) is 28.3 Å². The van der Waals surface area contributed by atoms with Gasteiger partial charge >= 0.3 is 6.03 Å². The molecule has 1 aromatic carbocycles. The Bertz CT molecular complexity index is 1350. The van der Waals surface area contributed by atoms with Crippen LogP contribution >= 0.6 is 34.5 Å². The molecule has 11 heteroatoms. The van der Waals surface area contributed by atoms with Crippen molar-refractivity contribution in [1.29, 1.82) is 0 Å². The molecular formula is C26H25Cl2N5O3S. The molecular weight excluding hydrogens is 533 g/mol. The van der Waals surface area contributed by atoms with Crippen LogP contribution < -0.4 is 10.6 Å². The van der Waals surface area contributed by atoms with E-state index in [1.807, 2.05) is 41.8 Å². The van der Waals surface area contributed by atoms with Crippen LogP contribution in [0.5, 0.6) is 0 Å². The standard InChI is InChI=1S/C26H25Cl2N5O3S/c27-19-6-2-7-20(25(19)28)29-26(36)30-23-14-21(22-8-3-11-37-22)31-33(23)17-5-1-4-16(12-17)13-24(35)32-10-9-18(34)15-32/h1-8,11-12,14,18,20,25,34H,9-10,13,15H2,(H2,29,30,36). The summed E-state index contributed by atoms with van der Waals surface area (Å²) in [7, 11) is 0. The SMILES string of the molecule is O=C(Nc1cc(-c2cccs2)nn1-c1cccc(CC(=O)N2CCC(O)C2)c1)NC1C=CC=C(Cl)C1Cl. The topological polar surface area (TPSA) is 99.5 Å². The highest BCUT2D eigenvalue weighted by atomic mass is 35.5. The number of rotatable bonds is 6. The van der Waals surface area contributed by atoms with Crippen molar-refractivity contribution in [2.24, 2.45) is 0 Å². The zero-order chi connectivity index (χ0) is 25.9. The second kappa shape index (κ2) is 11.1. The Kier molecular flexibility index (Phi) is 7.66. The monoisotopic (exact) mass is 557 g/mol. The van der Waals surface area contributed by atoms with Gasteiger partial charge in [-0.3, -0.25) is 10.1 Å². The van der Waals surface area contributed by atoms with Crippen molar-refractivity contribution in [3.63, 3.8) is 0 Å². The van der Waals surface area contributed by atoms with E-state index >= 15 is 0 Å². The number of carbonyl (C=O) groups is 2. The van der Waals surface area contributed by atoms with E-state index < -0.39 is 23.6 Å². The van der Waals surface area contributed by atoms with E-state index in [0.717, 1.165) is 10.4 Å². The van der Waals surface area contributed by atoms with Crippen LogP contribution in [0.2, 0.25) is 0 Å². The van der Waals surface area contributed by atoms with Crippen molar-refractivity contribution >= 4 is 52.3 Å². The first kappa shape index (κ1) is 25.5. The minimum Gasteiger partial charge on any atom is -0.391 e. The number of urea groups is 1. The third-order valence-corrected chi connectivity index (χ3v) is 8.07. The molecule has 0 bridgehead atoms. The first-order chi connectivity index (χ1) is 17.9. The molecule has 1 saturated heterocycles. The molecule has 3 aromatic rings. The fourth-order valence-electron chi connectivity index (χ4n) is 4.32. The van der Waals surface area contributed by atoms with E-state index in [-0.39, 0.29) is 12.3 Å². The van der Waals surface area contributed by atoms with Crippen LogP contribution in [0, 0.1) is 0 Å². The van der Waals surface area contributed by atoms with Gasteiger partial charge in [0.1, 0.15) is 11.5 Å². The maximum Gasteiger partial charge on any atom is 0.320 e. The van der Waals surface area contributed by atoms with Gasteiger partial charge < -0.3 is 15.3 Å². The second-order valence-corrected chi connectivity index (χ2v) is 10.7. The number of β-amino-alcohol motifs (C(OH)–C–C–N with tert-alkyl or cyclic N) is 1. The summed E-state index contributed by atoms with van der Waals surface area (Å²) < 4.78 is 1.64. The summed E-state index contributed by atoms with van der Waals surface area (Å²) in [6.07, 6.45) is 5.58. The highest BCUT2D eigenvalue weighted by molar-refractivity contribution is 7.13. The number of nitrogens with zero attached hydrogens (tertiary/aromatic N) is 3. The van der Waals surface area contributed by atoms with Crippen molar-refractivity contribution in [1.82, 2.24) is 20.0 Å². The number of anilines is 1. The van der Waals surface area contributed by atoms with Gasteiger partial charge in [-0.1, -0.05) is 42.0 Å². The molecule has 3 N–H and O–H groups in total. The maximum atomic E-state index is 12.9. The summed E-state index contributed by atoms with van der Waals surface area (Å²) in [5.41, 5.74) is 2.21. The van der Waals surface area contributed by atoms with E-state index in [2.05, 4.69) is 10.6 Å². The zero-order valence-electron chi connectivity index (χ0n) is 19.7. The summed E-state index contributed by atoms with van der Waals surface area (Å²) in [4.78, 5) is 28.3. The highest BCUT2D eigenvalue weighted by Crippen LogP contribution is 2.29. The number of aliphatic hydroxyl groups is 1. The average molecular weight is 558 g/mol. The largest absolute Gasteiger partial charge is 0.391 e. The Morgan fingerprint density at radius 3 is 2.84 bits per heavy atom. The highest BCUT2D eigenvalue weighted by Gasteiger charge is 2.26. The number of aromatic nitrogens is 2. The van der Waals surface area contributed by atoms with E-state index in [9.17, 15) is 14.7 Å². The van der Waals surface area contributed by atoms with Crippen LogP contribution in [0.4, 0.5) is 10.6 Å². The lowest BCUT2D eigenvalue weighted by Crippen LogP contribution is -2.43. The number of likely N-dealkylation sites (tertiary alicyclic amines) is 1. The van der Waals surface area contributed by atoms with E-state index in [1.165, 1.54) is 0 Å². The van der Waals surface area contributed by atoms with Gasteiger partial charge in [-0.05, 0) is 41.6 Å². The number of nitrogens with one attached hydrogen (secondary N) is 2. The van der Waals surface area contributed by atoms with Crippen LogP contribution in [0.1, 0.15) is 12.0 Å². The molecule has 1 aliphatic carbocycles. The van der Waals surface area contributed by atoms with E-state index in [0.29, 0.717) is 41.7 Å². The van der Waals surface area contributed by atoms with Gasteiger partial charge in [-0.15, -0.1) is 22.9 Å². The molecule has 192 valence electrons. The number of amides is 3. The predicted molar refractivity (Wildman–Crippen MR) is 146 cm³/mol. The summed E-state index contributed by atoms with van der Waals surface area (Å²) in [5, 5.41) is 22.1. The fraction of sp³-hybridized carbons (Fsp3) is 0.269. The maximum absolute atomic E-state index is 12.9. The molecule has 1 aliphatic heterocycles. The number of allylic oxidation sites excluding steroid dienone is 2. The van der Waals surface area contributed by atoms with Gasteiger partial charge in [-0.2, -0.15) is 5.10 Å². The third kappa shape index (κ3) is 5.91. The van der Waals surface area contributed by atoms with Gasteiger partial charge in [0, 0.05) is 24.2 Å². The van der Waals surface area contributed by atoms with Gasteiger partial charge in [0.2, 0.25) is 5.91 Å². The second-order valence-electron chi connectivity index (χ2n) is 8.90. The molecule has 2 aliphatic rings. The molecule has 0 saturated carbocycles. The van der Waals surface area contributed by atoms with Crippen LogP contribution in [-0.4, -0.2) is 62.3 Å². The smallest absolute Gasteiger partial charge is 0.320 e. The predicted octanol–water partition coefficient (Wildman–Crippen LogP) is 4.53. The molecule has 3 amide bonds. The molecule has 2 aromatic heterocycles. The van der Waals surface area contributed by atoms with Crippen molar-refractivity contribution in [2.75, 3.05) is 18.4 Å².